The molecule has 1 aromatic rings. The molecule has 1 aliphatic rings. The predicted octanol–water partition coefficient (Wildman–Crippen LogP) is 2.65. The van der Waals surface area contributed by atoms with Crippen LogP contribution in [0.25, 0.3) is 0 Å². The maximum atomic E-state index is 5.83. The Hall–Kier alpha value is -1.52. The summed E-state index contributed by atoms with van der Waals surface area (Å²) in [4.78, 5) is 11.0. The summed E-state index contributed by atoms with van der Waals surface area (Å²) in [7, 11) is 0. The Morgan fingerprint density at radius 2 is 2.05 bits per heavy atom. The van der Waals surface area contributed by atoms with Crippen LogP contribution >= 0.6 is 0 Å². The summed E-state index contributed by atoms with van der Waals surface area (Å²) < 4.78 is 0. The summed E-state index contributed by atoms with van der Waals surface area (Å²) >= 11 is 0. The predicted molar refractivity (Wildman–Crippen MR) is 80.5 cm³/mol. The fourth-order valence-corrected chi connectivity index (χ4v) is 2.77. The number of hydrogen-bond acceptors (Lipinski definition) is 5. The minimum Gasteiger partial charge on any atom is -0.370 e. The van der Waals surface area contributed by atoms with Gasteiger partial charge in [0.2, 0.25) is 5.95 Å². The zero-order valence-corrected chi connectivity index (χ0v) is 12.0. The molecule has 0 bridgehead atoms. The minimum atomic E-state index is 0.354. The molecular formula is C14H25N5. The van der Waals surface area contributed by atoms with Crippen molar-refractivity contribution < 1.29 is 0 Å². The fourth-order valence-electron chi connectivity index (χ4n) is 2.77. The van der Waals surface area contributed by atoms with Crippen LogP contribution in [0.1, 0.15) is 46.0 Å². The zero-order valence-electron chi connectivity index (χ0n) is 12.0. The van der Waals surface area contributed by atoms with E-state index in [9.17, 15) is 0 Å². The molecule has 19 heavy (non-hydrogen) atoms. The van der Waals surface area contributed by atoms with Crippen LogP contribution < -0.4 is 16.0 Å². The Balaban J connectivity index is 2.18. The summed E-state index contributed by atoms with van der Waals surface area (Å²) in [5.74, 6) is 2.15. The second-order valence-corrected chi connectivity index (χ2v) is 5.12. The van der Waals surface area contributed by atoms with Gasteiger partial charge in [-0.25, -0.2) is 0 Å². The molecule has 0 atom stereocenters. The largest absolute Gasteiger partial charge is 0.370 e. The molecule has 5 heteroatoms. The molecule has 1 aliphatic carbocycles. The molecule has 1 fully saturated rings. The monoisotopic (exact) mass is 263 g/mol. The number of nitrogen functional groups attached to an aromatic ring is 1. The number of nitrogens with two attached hydrogens (primary N) is 1. The molecule has 1 saturated carbocycles. The minimum absolute atomic E-state index is 0.354. The van der Waals surface area contributed by atoms with Gasteiger partial charge < -0.3 is 16.0 Å². The summed E-state index contributed by atoms with van der Waals surface area (Å²) in [5.41, 5.74) is 5.83. The van der Waals surface area contributed by atoms with E-state index in [1.807, 2.05) is 6.07 Å². The number of nitrogens with one attached hydrogen (secondary N) is 1. The normalized spacial score (nSPS) is 15.7. The van der Waals surface area contributed by atoms with Gasteiger partial charge in [0.25, 0.3) is 0 Å². The lowest BCUT2D eigenvalue weighted by Gasteiger charge is -2.29. The van der Waals surface area contributed by atoms with Crippen molar-refractivity contribution in [2.75, 3.05) is 29.0 Å². The summed E-state index contributed by atoms with van der Waals surface area (Å²) in [5, 5.41) is 3.29. The number of aromatic nitrogens is 2. The lowest BCUT2D eigenvalue weighted by atomic mass is 10.2. The molecule has 5 nitrogen and oxygen atoms in total. The van der Waals surface area contributed by atoms with Gasteiger partial charge in [-0.05, 0) is 26.2 Å². The van der Waals surface area contributed by atoms with Gasteiger partial charge in [-0.15, -0.1) is 0 Å². The van der Waals surface area contributed by atoms with Crippen molar-refractivity contribution in [3.8, 4) is 0 Å². The molecule has 0 aliphatic heterocycles. The Morgan fingerprint density at radius 3 is 2.68 bits per heavy atom. The van der Waals surface area contributed by atoms with E-state index >= 15 is 0 Å². The van der Waals surface area contributed by atoms with Gasteiger partial charge in [-0.2, -0.15) is 9.97 Å². The quantitative estimate of drug-likeness (QED) is 0.826. The van der Waals surface area contributed by atoms with Crippen molar-refractivity contribution in [3.63, 3.8) is 0 Å². The molecule has 3 N–H and O–H groups in total. The van der Waals surface area contributed by atoms with Crippen LogP contribution in [0, 0.1) is 0 Å². The summed E-state index contributed by atoms with van der Waals surface area (Å²) in [6.07, 6.45) is 6.23. The number of hydrogen-bond donors (Lipinski definition) is 2. The van der Waals surface area contributed by atoms with Crippen LogP contribution in [-0.4, -0.2) is 29.1 Å². The van der Waals surface area contributed by atoms with E-state index in [2.05, 4.69) is 34.0 Å². The highest BCUT2D eigenvalue weighted by Crippen LogP contribution is 2.28. The van der Waals surface area contributed by atoms with E-state index in [-0.39, 0.29) is 0 Å². The molecule has 0 saturated heterocycles. The summed E-state index contributed by atoms with van der Waals surface area (Å²) in [6, 6.07) is 2.63. The van der Waals surface area contributed by atoms with E-state index in [1.165, 1.54) is 25.7 Å². The van der Waals surface area contributed by atoms with Crippen LogP contribution in [-0.2, 0) is 0 Å². The Bertz CT molecular complexity index is 401. The number of anilines is 3. The van der Waals surface area contributed by atoms with Crippen molar-refractivity contribution in [2.24, 2.45) is 0 Å². The molecule has 1 heterocycles. The molecular weight excluding hydrogens is 238 g/mol. The average molecular weight is 263 g/mol. The highest BCUT2D eigenvalue weighted by atomic mass is 15.2. The highest BCUT2D eigenvalue weighted by Gasteiger charge is 2.23. The van der Waals surface area contributed by atoms with E-state index in [4.69, 9.17) is 5.73 Å². The van der Waals surface area contributed by atoms with Gasteiger partial charge in [-0.3, -0.25) is 0 Å². The number of rotatable bonds is 6. The molecule has 0 amide bonds. The topological polar surface area (TPSA) is 67.1 Å². The molecule has 0 unspecified atom stereocenters. The Labute approximate surface area is 115 Å². The first-order valence-electron chi connectivity index (χ1n) is 7.39. The standard InChI is InChI=1S/C14H25N5/c1-3-9-16-12-10-13(18-14(15)17-12)19(4-2)11-7-5-6-8-11/h10-11H,3-9H2,1-2H3,(H3,15,16,17,18). The number of nitrogens with zero attached hydrogens (tertiary/aromatic N) is 3. The smallest absolute Gasteiger partial charge is 0.223 e. The third-order valence-corrected chi connectivity index (χ3v) is 3.69. The zero-order chi connectivity index (χ0) is 13.7. The molecule has 0 spiro atoms. The third-order valence-electron chi connectivity index (χ3n) is 3.69. The van der Waals surface area contributed by atoms with Crippen LogP contribution in [0.4, 0.5) is 17.6 Å². The average Bonchev–Trinajstić information content (AvgIpc) is 2.90. The van der Waals surface area contributed by atoms with Gasteiger partial charge in [0.05, 0.1) is 0 Å². The first-order chi connectivity index (χ1) is 9.24. The van der Waals surface area contributed by atoms with Crippen LogP contribution in [0.5, 0.6) is 0 Å². The second kappa shape index (κ2) is 6.59. The Morgan fingerprint density at radius 1 is 1.32 bits per heavy atom. The van der Waals surface area contributed by atoms with Crippen LogP contribution in [0.15, 0.2) is 6.07 Å². The molecule has 106 valence electrons. The van der Waals surface area contributed by atoms with E-state index in [1.54, 1.807) is 0 Å². The fraction of sp³-hybridized carbons (Fsp3) is 0.714. The molecule has 1 aromatic heterocycles. The lowest BCUT2D eigenvalue weighted by Crippen LogP contribution is -2.34. The van der Waals surface area contributed by atoms with Crippen molar-refractivity contribution in [3.05, 3.63) is 6.07 Å². The second-order valence-electron chi connectivity index (χ2n) is 5.12. The van der Waals surface area contributed by atoms with Crippen molar-refractivity contribution in [1.29, 1.82) is 0 Å². The van der Waals surface area contributed by atoms with Crippen molar-refractivity contribution in [1.82, 2.24) is 9.97 Å². The van der Waals surface area contributed by atoms with Crippen molar-refractivity contribution in [2.45, 2.75) is 52.0 Å². The maximum absolute atomic E-state index is 5.83. The molecule has 2 rings (SSSR count). The first kappa shape index (κ1) is 13.9. The van der Waals surface area contributed by atoms with Gasteiger partial charge >= 0.3 is 0 Å². The van der Waals surface area contributed by atoms with Gasteiger partial charge in [0.1, 0.15) is 11.6 Å². The van der Waals surface area contributed by atoms with Crippen LogP contribution in [0.2, 0.25) is 0 Å². The first-order valence-corrected chi connectivity index (χ1v) is 7.39. The SMILES string of the molecule is CCCNc1cc(N(CC)C2CCCC2)nc(N)n1. The van der Waals surface area contributed by atoms with E-state index < -0.39 is 0 Å². The lowest BCUT2D eigenvalue weighted by molar-refractivity contribution is 0.613. The van der Waals surface area contributed by atoms with Gasteiger partial charge in [-0.1, -0.05) is 19.8 Å². The van der Waals surface area contributed by atoms with Gasteiger partial charge in [0.15, 0.2) is 0 Å². The van der Waals surface area contributed by atoms with E-state index in [0.29, 0.717) is 12.0 Å². The third kappa shape index (κ3) is 3.49. The van der Waals surface area contributed by atoms with Crippen molar-refractivity contribution >= 4 is 17.6 Å². The van der Waals surface area contributed by atoms with Gasteiger partial charge in [0, 0.05) is 25.2 Å². The highest BCUT2D eigenvalue weighted by molar-refractivity contribution is 5.53. The maximum Gasteiger partial charge on any atom is 0.223 e. The Kier molecular flexibility index (Phi) is 4.82. The van der Waals surface area contributed by atoms with E-state index in [0.717, 1.165) is 31.1 Å². The van der Waals surface area contributed by atoms with Crippen LogP contribution in [0.3, 0.4) is 0 Å². The summed E-state index contributed by atoms with van der Waals surface area (Å²) in [6.45, 7) is 6.19. The molecule has 0 radical (unpaired) electrons. The molecule has 0 aromatic carbocycles.